The van der Waals surface area contributed by atoms with E-state index in [2.05, 4.69) is 15.3 Å². The molecule has 106 valence electrons. The fourth-order valence-corrected chi connectivity index (χ4v) is 2.04. The summed E-state index contributed by atoms with van der Waals surface area (Å²) in [5, 5.41) is 11.0. The number of hydrogen-bond donors (Lipinski definition) is 1. The summed E-state index contributed by atoms with van der Waals surface area (Å²) >= 11 is 5.67. The van der Waals surface area contributed by atoms with Crippen molar-refractivity contribution in [2.75, 3.05) is 7.11 Å². The highest BCUT2D eigenvalue weighted by molar-refractivity contribution is 6.29. The van der Waals surface area contributed by atoms with Gasteiger partial charge in [-0.2, -0.15) is 10.2 Å². The average molecular weight is 303 g/mol. The summed E-state index contributed by atoms with van der Waals surface area (Å²) in [6, 6.07) is 10.6. The predicted molar refractivity (Wildman–Crippen MR) is 79.0 cm³/mol. The highest BCUT2D eigenvalue weighted by Crippen LogP contribution is 2.20. The van der Waals surface area contributed by atoms with Crippen molar-refractivity contribution in [1.82, 2.24) is 20.0 Å². The van der Waals surface area contributed by atoms with Crippen LogP contribution in [0, 0.1) is 0 Å². The van der Waals surface area contributed by atoms with Gasteiger partial charge in [-0.05, 0) is 30.3 Å². The van der Waals surface area contributed by atoms with Crippen LogP contribution in [0.1, 0.15) is 0 Å². The Hall–Kier alpha value is -2.60. The fourth-order valence-electron chi connectivity index (χ4n) is 1.90. The molecule has 0 aliphatic carbocycles. The van der Waals surface area contributed by atoms with Crippen molar-refractivity contribution in [3.63, 3.8) is 0 Å². The van der Waals surface area contributed by atoms with E-state index in [1.165, 1.54) is 10.7 Å². The SMILES string of the molecule is COc1ccc(-c2ccn(-c3n[nH]c(Cl)cc3=O)n2)cc1. The van der Waals surface area contributed by atoms with Crippen molar-refractivity contribution in [3.8, 4) is 22.8 Å². The molecule has 0 spiro atoms. The number of aromatic nitrogens is 4. The molecular formula is C14H11ClN4O2. The van der Waals surface area contributed by atoms with E-state index < -0.39 is 0 Å². The quantitative estimate of drug-likeness (QED) is 0.805. The first-order chi connectivity index (χ1) is 10.2. The fraction of sp³-hybridized carbons (Fsp3) is 0.0714. The van der Waals surface area contributed by atoms with E-state index in [4.69, 9.17) is 16.3 Å². The number of hydrogen-bond acceptors (Lipinski definition) is 4. The van der Waals surface area contributed by atoms with Gasteiger partial charge in [-0.1, -0.05) is 11.6 Å². The number of halogens is 1. The van der Waals surface area contributed by atoms with Crippen LogP contribution in [0.25, 0.3) is 17.1 Å². The number of ether oxygens (including phenoxy) is 1. The van der Waals surface area contributed by atoms with Crippen molar-refractivity contribution in [3.05, 3.63) is 58.0 Å². The van der Waals surface area contributed by atoms with Crippen LogP contribution in [0.5, 0.6) is 5.75 Å². The van der Waals surface area contributed by atoms with Gasteiger partial charge < -0.3 is 4.74 Å². The predicted octanol–water partition coefficient (Wildman–Crippen LogP) is 2.28. The second-order valence-corrected chi connectivity index (χ2v) is 4.68. The first kappa shape index (κ1) is 13.4. The Kier molecular flexibility index (Phi) is 3.45. The third kappa shape index (κ3) is 2.66. The molecule has 6 nitrogen and oxygen atoms in total. The van der Waals surface area contributed by atoms with Crippen LogP contribution in [0.3, 0.4) is 0 Å². The number of benzene rings is 1. The molecule has 0 saturated heterocycles. The van der Waals surface area contributed by atoms with E-state index in [-0.39, 0.29) is 16.4 Å². The Balaban J connectivity index is 1.97. The molecule has 2 heterocycles. The molecule has 0 fully saturated rings. The van der Waals surface area contributed by atoms with Gasteiger partial charge >= 0.3 is 0 Å². The lowest BCUT2D eigenvalue weighted by Gasteiger charge is -2.01. The van der Waals surface area contributed by atoms with Gasteiger partial charge in [-0.25, -0.2) is 4.68 Å². The van der Waals surface area contributed by atoms with Gasteiger partial charge in [-0.15, -0.1) is 0 Å². The lowest BCUT2D eigenvalue weighted by Crippen LogP contribution is -2.14. The molecule has 0 saturated carbocycles. The van der Waals surface area contributed by atoms with Gasteiger partial charge in [-0.3, -0.25) is 9.89 Å². The van der Waals surface area contributed by atoms with E-state index in [1.807, 2.05) is 24.3 Å². The van der Waals surface area contributed by atoms with Gasteiger partial charge in [0.15, 0.2) is 0 Å². The summed E-state index contributed by atoms with van der Waals surface area (Å²) in [5.74, 6) is 0.938. The van der Waals surface area contributed by atoms with Crippen LogP contribution < -0.4 is 10.2 Å². The van der Waals surface area contributed by atoms with E-state index in [1.54, 1.807) is 19.4 Å². The summed E-state index contributed by atoms with van der Waals surface area (Å²) in [6.07, 6.45) is 1.67. The number of aromatic amines is 1. The molecule has 0 bridgehead atoms. The molecular weight excluding hydrogens is 292 g/mol. The largest absolute Gasteiger partial charge is 0.497 e. The Bertz CT molecular complexity index is 823. The van der Waals surface area contributed by atoms with E-state index in [0.29, 0.717) is 0 Å². The molecule has 3 rings (SSSR count). The third-order valence-electron chi connectivity index (χ3n) is 2.94. The Morgan fingerprint density at radius 2 is 2.00 bits per heavy atom. The van der Waals surface area contributed by atoms with Crippen LogP contribution in [-0.2, 0) is 0 Å². The number of H-pyrrole nitrogens is 1. The molecule has 0 atom stereocenters. The zero-order valence-electron chi connectivity index (χ0n) is 11.1. The monoisotopic (exact) mass is 302 g/mol. The standard InChI is InChI=1S/C14H11ClN4O2/c1-21-10-4-2-9(3-5-10)11-6-7-19(18-11)14-12(20)8-13(15)16-17-14/h2-8H,1H3,(H,16,20). The molecule has 1 N–H and O–H groups in total. The number of rotatable bonds is 3. The number of nitrogens with one attached hydrogen (secondary N) is 1. The number of nitrogens with zero attached hydrogens (tertiary/aromatic N) is 3. The van der Waals surface area contributed by atoms with Gasteiger partial charge in [0.1, 0.15) is 10.9 Å². The van der Waals surface area contributed by atoms with Crippen LogP contribution in [0.4, 0.5) is 0 Å². The van der Waals surface area contributed by atoms with Gasteiger partial charge in [0.05, 0.1) is 12.8 Å². The Morgan fingerprint density at radius 1 is 1.24 bits per heavy atom. The lowest BCUT2D eigenvalue weighted by atomic mass is 10.1. The Labute approximate surface area is 125 Å². The van der Waals surface area contributed by atoms with Gasteiger partial charge in [0.2, 0.25) is 11.2 Å². The first-order valence-corrected chi connectivity index (χ1v) is 6.51. The van der Waals surface area contributed by atoms with Crippen molar-refractivity contribution in [2.45, 2.75) is 0 Å². The zero-order valence-corrected chi connectivity index (χ0v) is 11.8. The number of methoxy groups -OCH3 is 1. The zero-order chi connectivity index (χ0) is 14.8. The third-order valence-corrected chi connectivity index (χ3v) is 3.13. The molecule has 0 aliphatic heterocycles. The van der Waals surface area contributed by atoms with Crippen LogP contribution >= 0.6 is 11.6 Å². The minimum Gasteiger partial charge on any atom is -0.497 e. The van der Waals surface area contributed by atoms with Crippen LogP contribution in [0.2, 0.25) is 5.15 Å². The maximum absolute atomic E-state index is 11.8. The molecule has 0 unspecified atom stereocenters. The molecule has 0 amide bonds. The molecule has 1 aromatic carbocycles. The van der Waals surface area contributed by atoms with Gasteiger partial charge in [0.25, 0.3) is 0 Å². The molecule has 0 aliphatic rings. The van der Waals surface area contributed by atoms with Crippen LogP contribution in [0.15, 0.2) is 47.4 Å². The topological polar surface area (TPSA) is 72.8 Å². The average Bonchev–Trinajstić information content (AvgIpc) is 2.97. The summed E-state index contributed by atoms with van der Waals surface area (Å²) in [5.41, 5.74) is 1.34. The smallest absolute Gasteiger partial charge is 0.227 e. The second-order valence-electron chi connectivity index (χ2n) is 4.28. The van der Waals surface area contributed by atoms with Crippen molar-refractivity contribution < 1.29 is 4.74 Å². The van der Waals surface area contributed by atoms with Gasteiger partial charge in [0, 0.05) is 17.8 Å². The molecule has 3 aromatic rings. The molecule has 21 heavy (non-hydrogen) atoms. The normalized spacial score (nSPS) is 10.6. The van der Waals surface area contributed by atoms with Crippen molar-refractivity contribution in [2.24, 2.45) is 0 Å². The minimum atomic E-state index is -0.303. The Morgan fingerprint density at radius 3 is 2.67 bits per heavy atom. The van der Waals surface area contributed by atoms with E-state index in [0.717, 1.165) is 17.0 Å². The summed E-state index contributed by atoms with van der Waals surface area (Å²) in [4.78, 5) is 11.8. The molecule has 0 radical (unpaired) electrons. The van der Waals surface area contributed by atoms with Crippen molar-refractivity contribution in [1.29, 1.82) is 0 Å². The minimum absolute atomic E-state index is 0.166. The maximum Gasteiger partial charge on any atom is 0.227 e. The highest BCUT2D eigenvalue weighted by Gasteiger charge is 2.08. The summed E-state index contributed by atoms with van der Waals surface area (Å²) in [7, 11) is 1.61. The highest BCUT2D eigenvalue weighted by atomic mass is 35.5. The van der Waals surface area contributed by atoms with Crippen LogP contribution in [-0.4, -0.2) is 27.1 Å². The lowest BCUT2D eigenvalue weighted by molar-refractivity contribution is 0.415. The first-order valence-electron chi connectivity index (χ1n) is 6.13. The molecule has 7 heteroatoms. The molecule has 2 aromatic heterocycles. The summed E-state index contributed by atoms with van der Waals surface area (Å²) in [6.45, 7) is 0. The van der Waals surface area contributed by atoms with E-state index >= 15 is 0 Å². The van der Waals surface area contributed by atoms with Crippen molar-refractivity contribution >= 4 is 11.6 Å². The maximum atomic E-state index is 11.8. The second kappa shape index (κ2) is 5.41. The van der Waals surface area contributed by atoms with E-state index in [9.17, 15) is 4.79 Å². The summed E-state index contributed by atoms with van der Waals surface area (Å²) < 4.78 is 6.52.